The van der Waals surface area contributed by atoms with Gasteiger partial charge in [-0.05, 0) is 39.7 Å². The maximum atomic E-state index is 12.3. The van der Waals surface area contributed by atoms with Crippen molar-refractivity contribution in [1.82, 2.24) is 20.0 Å². The van der Waals surface area contributed by atoms with Gasteiger partial charge in [-0.15, -0.1) is 0 Å². The zero-order chi connectivity index (χ0) is 15.7. The van der Waals surface area contributed by atoms with Gasteiger partial charge in [-0.2, -0.15) is 5.10 Å². The van der Waals surface area contributed by atoms with E-state index in [1.807, 2.05) is 6.92 Å². The summed E-state index contributed by atoms with van der Waals surface area (Å²) in [5, 5.41) is 7.31. The molecular weight excluding hydrogens is 276 g/mol. The third-order valence-electron chi connectivity index (χ3n) is 5.28. The minimum atomic E-state index is 0.376. The molecule has 1 aliphatic carbocycles. The average molecular weight is 304 g/mol. The van der Waals surface area contributed by atoms with Crippen molar-refractivity contribution < 1.29 is 4.79 Å². The summed E-state index contributed by atoms with van der Waals surface area (Å²) in [6.45, 7) is 6.97. The van der Waals surface area contributed by atoms with Gasteiger partial charge in [0.1, 0.15) is 0 Å². The number of amides is 1. The number of nitrogens with zero attached hydrogens (tertiary/aromatic N) is 3. The van der Waals surface area contributed by atoms with E-state index >= 15 is 0 Å². The lowest BCUT2D eigenvalue weighted by molar-refractivity contribution is -0.129. The fourth-order valence-corrected chi connectivity index (χ4v) is 4.08. The Hall–Kier alpha value is -1.36. The number of nitrogens with one attached hydrogen (secondary N) is 1. The molecule has 1 aromatic heterocycles. The number of H-pyrrole nitrogens is 1. The molecule has 2 fully saturated rings. The fraction of sp³-hybridized carbons (Fsp3) is 0.765. The molecule has 1 amide bonds. The molecule has 2 heterocycles. The van der Waals surface area contributed by atoms with Crippen LogP contribution >= 0.6 is 0 Å². The molecule has 1 saturated heterocycles. The van der Waals surface area contributed by atoms with E-state index in [0.29, 0.717) is 17.9 Å². The lowest BCUT2D eigenvalue weighted by Gasteiger charge is -2.25. The summed E-state index contributed by atoms with van der Waals surface area (Å²) in [6.07, 6.45) is 5.73. The number of carbonyl (C=O) groups excluding carboxylic acids is 1. The topological polar surface area (TPSA) is 52.2 Å². The predicted octanol–water partition coefficient (Wildman–Crippen LogP) is 2.25. The minimum Gasteiger partial charge on any atom is -0.339 e. The van der Waals surface area contributed by atoms with E-state index in [2.05, 4.69) is 34.0 Å². The lowest BCUT2D eigenvalue weighted by atomic mass is 10.1. The Morgan fingerprint density at radius 1 is 1.32 bits per heavy atom. The number of rotatable bonds is 5. The highest BCUT2D eigenvalue weighted by Crippen LogP contribution is 2.29. The third kappa shape index (κ3) is 3.19. The molecule has 1 aliphatic heterocycles. The van der Waals surface area contributed by atoms with Crippen molar-refractivity contribution in [2.45, 2.75) is 58.5 Å². The predicted molar refractivity (Wildman–Crippen MR) is 86.5 cm³/mol. The summed E-state index contributed by atoms with van der Waals surface area (Å²) in [5.74, 6) is 0.853. The van der Waals surface area contributed by atoms with Crippen molar-refractivity contribution >= 4 is 5.91 Å². The summed E-state index contributed by atoms with van der Waals surface area (Å²) in [5.41, 5.74) is 3.53. The summed E-state index contributed by atoms with van der Waals surface area (Å²) < 4.78 is 0. The van der Waals surface area contributed by atoms with Crippen molar-refractivity contribution in [2.24, 2.45) is 5.92 Å². The van der Waals surface area contributed by atoms with E-state index in [1.54, 1.807) is 0 Å². The van der Waals surface area contributed by atoms with Crippen LogP contribution in [0.2, 0.25) is 0 Å². The van der Waals surface area contributed by atoms with Gasteiger partial charge in [0.2, 0.25) is 5.91 Å². The molecule has 2 aliphatic rings. The Kier molecular flexibility index (Phi) is 4.52. The highest BCUT2D eigenvalue weighted by atomic mass is 16.2. The maximum absolute atomic E-state index is 12.3. The van der Waals surface area contributed by atoms with E-state index in [9.17, 15) is 4.79 Å². The molecule has 0 spiro atoms. The number of aromatic nitrogens is 2. The second kappa shape index (κ2) is 6.41. The van der Waals surface area contributed by atoms with Gasteiger partial charge in [-0.1, -0.05) is 12.8 Å². The Morgan fingerprint density at radius 2 is 2.05 bits per heavy atom. The first-order chi connectivity index (χ1) is 10.5. The monoisotopic (exact) mass is 304 g/mol. The van der Waals surface area contributed by atoms with Gasteiger partial charge in [-0.25, -0.2) is 0 Å². The molecule has 1 saturated carbocycles. The third-order valence-corrected chi connectivity index (χ3v) is 5.28. The average Bonchev–Trinajstić information content (AvgIpc) is 3.16. The first-order valence-corrected chi connectivity index (χ1v) is 8.53. The Labute approximate surface area is 133 Å². The molecule has 5 nitrogen and oxygen atoms in total. The Morgan fingerprint density at radius 3 is 2.68 bits per heavy atom. The number of hydrogen-bond acceptors (Lipinski definition) is 3. The summed E-state index contributed by atoms with van der Waals surface area (Å²) in [4.78, 5) is 16.8. The SMILES string of the molecule is Cc1n[nH]c(C)c1CN(C)C[C@@H]1CC(=O)N(C2CCCC2)C1. The molecule has 122 valence electrons. The van der Waals surface area contributed by atoms with Crippen LogP contribution in [0.5, 0.6) is 0 Å². The summed E-state index contributed by atoms with van der Waals surface area (Å²) in [6, 6.07) is 0.529. The quantitative estimate of drug-likeness (QED) is 0.908. The van der Waals surface area contributed by atoms with Gasteiger partial charge in [0, 0.05) is 43.4 Å². The Balaban J connectivity index is 1.54. The van der Waals surface area contributed by atoms with E-state index in [1.165, 1.54) is 31.2 Å². The lowest BCUT2D eigenvalue weighted by Crippen LogP contribution is -2.35. The van der Waals surface area contributed by atoms with Gasteiger partial charge in [-0.3, -0.25) is 9.89 Å². The molecule has 1 N–H and O–H groups in total. The van der Waals surface area contributed by atoms with Crippen LogP contribution in [0.1, 0.15) is 49.1 Å². The second-order valence-corrected chi connectivity index (χ2v) is 7.16. The highest BCUT2D eigenvalue weighted by molar-refractivity contribution is 5.79. The first-order valence-electron chi connectivity index (χ1n) is 8.53. The van der Waals surface area contributed by atoms with Crippen molar-refractivity contribution in [2.75, 3.05) is 20.1 Å². The largest absolute Gasteiger partial charge is 0.339 e. The molecule has 1 atom stereocenters. The Bertz CT molecular complexity index is 513. The molecule has 0 aromatic carbocycles. The summed E-state index contributed by atoms with van der Waals surface area (Å²) >= 11 is 0. The second-order valence-electron chi connectivity index (χ2n) is 7.16. The molecule has 0 bridgehead atoms. The number of likely N-dealkylation sites (tertiary alicyclic amines) is 1. The van der Waals surface area contributed by atoms with Crippen LogP contribution in [0.3, 0.4) is 0 Å². The van der Waals surface area contributed by atoms with Crippen molar-refractivity contribution in [3.05, 3.63) is 17.0 Å². The maximum Gasteiger partial charge on any atom is 0.223 e. The molecule has 0 unspecified atom stereocenters. The van der Waals surface area contributed by atoms with Crippen LogP contribution < -0.4 is 0 Å². The van der Waals surface area contributed by atoms with Crippen LogP contribution in [0.25, 0.3) is 0 Å². The van der Waals surface area contributed by atoms with Crippen LogP contribution in [0.15, 0.2) is 0 Å². The summed E-state index contributed by atoms with van der Waals surface area (Å²) in [7, 11) is 2.15. The number of aryl methyl sites for hydroxylation is 2. The van der Waals surface area contributed by atoms with Crippen LogP contribution in [-0.2, 0) is 11.3 Å². The van der Waals surface area contributed by atoms with E-state index in [-0.39, 0.29) is 0 Å². The number of carbonyl (C=O) groups is 1. The standard InChI is InChI=1S/C17H28N4O/c1-12-16(13(2)19-18-12)11-20(3)9-14-8-17(22)21(10-14)15-6-4-5-7-15/h14-15H,4-11H2,1-3H3,(H,18,19)/t14-/m0/s1. The molecule has 1 aromatic rings. The highest BCUT2D eigenvalue weighted by Gasteiger charge is 2.35. The smallest absolute Gasteiger partial charge is 0.223 e. The van der Waals surface area contributed by atoms with Crippen molar-refractivity contribution in [1.29, 1.82) is 0 Å². The van der Waals surface area contributed by atoms with Gasteiger partial charge >= 0.3 is 0 Å². The van der Waals surface area contributed by atoms with Crippen LogP contribution in [0, 0.1) is 19.8 Å². The number of hydrogen-bond donors (Lipinski definition) is 1. The van der Waals surface area contributed by atoms with E-state index < -0.39 is 0 Å². The number of aromatic amines is 1. The molecular formula is C17H28N4O. The van der Waals surface area contributed by atoms with E-state index in [0.717, 1.165) is 37.4 Å². The first kappa shape index (κ1) is 15.5. The van der Waals surface area contributed by atoms with Crippen LogP contribution in [0.4, 0.5) is 0 Å². The van der Waals surface area contributed by atoms with Crippen LogP contribution in [-0.4, -0.2) is 52.1 Å². The van der Waals surface area contributed by atoms with Gasteiger partial charge in [0.25, 0.3) is 0 Å². The molecule has 5 heteroatoms. The molecule has 22 heavy (non-hydrogen) atoms. The normalized spacial score (nSPS) is 23.2. The fourth-order valence-electron chi connectivity index (χ4n) is 4.08. The zero-order valence-corrected chi connectivity index (χ0v) is 14.1. The minimum absolute atomic E-state index is 0.376. The molecule has 0 radical (unpaired) electrons. The van der Waals surface area contributed by atoms with Crippen molar-refractivity contribution in [3.63, 3.8) is 0 Å². The van der Waals surface area contributed by atoms with Gasteiger partial charge in [0.15, 0.2) is 0 Å². The van der Waals surface area contributed by atoms with Gasteiger partial charge in [0.05, 0.1) is 5.69 Å². The van der Waals surface area contributed by atoms with E-state index in [4.69, 9.17) is 0 Å². The zero-order valence-electron chi connectivity index (χ0n) is 14.1. The van der Waals surface area contributed by atoms with Crippen molar-refractivity contribution in [3.8, 4) is 0 Å². The van der Waals surface area contributed by atoms with Gasteiger partial charge < -0.3 is 9.80 Å². The molecule has 3 rings (SSSR count).